The van der Waals surface area contributed by atoms with Crippen molar-refractivity contribution in [3.63, 3.8) is 0 Å². The van der Waals surface area contributed by atoms with Crippen LogP contribution < -0.4 is 10.6 Å². The zero-order valence-corrected chi connectivity index (χ0v) is 13.7. The molecule has 2 aromatic rings. The zero-order valence-electron chi connectivity index (χ0n) is 12.9. The molecule has 0 saturated carbocycles. The van der Waals surface area contributed by atoms with Crippen molar-refractivity contribution >= 4 is 22.5 Å². The highest BCUT2D eigenvalue weighted by Gasteiger charge is 2.08. The van der Waals surface area contributed by atoms with Gasteiger partial charge in [0.1, 0.15) is 0 Å². The van der Waals surface area contributed by atoms with Crippen LogP contribution >= 0.6 is 0 Å². The lowest BCUT2D eigenvalue weighted by molar-refractivity contribution is 0.167. The van der Waals surface area contributed by atoms with Crippen LogP contribution in [0.25, 0.3) is 0 Å². The third-order valence-electron chi connectivity index (χ3n) is 3.31. The summed E-state index contributed by atoms with van der Waals surface area (Å²) in [6, 6.07) is 15.8. The lowest BCUT2D eigenvalue weighted by Crippen LogP contribution is -2.30. The summed E-state index contributed by atoms with van der Waals surface area (Å²) >= 11 is 0. The Morgan fingerprint density at radius 3 is 2.61 bits per heavy atom. The van der Waals surface area contributed by atoms with Crippen molar-refractivity contribution in [3.05, 3.63) is 60.2 Å². The highest BCUT2D eigenvalue weighted by molar-refractivity contribution is 7.84. The molecule has 0 heterocycles. The summed E-state index contributed by atoms with van der Waals surface area (Å²) in [6.07, 6.45) is 1.41. The predicted octanol–water partition coefficient (Wildman–Crippen LogP) is 2.67. The van der Waals surface area contributed by atoms with Gasteiger partial charge in [-0.2, -0.15) is 0 Å². The summed E-state index contributed by atoms with van der Waals surface area (Å²) in [6.45, 7) is 0.349. The minimum atomic E-state index is -1.09. The lowest BCUT2D eigenvalue weighted by atomic mass is 10.1. The van der Waals surface area contributed by atoms with Gasteiger partial charge in [-0.05, 0) is 30.2 Å². The fourth-order valence-corrected chi connectivity index (χ4v) is 2.66. The van der Waals surface area contributed by atoms with Crippen LogP contribution in [0.2, 0.25) is 0 Å². The average molecular weight is 332 g/mol. The van der Waals surface area contributed by atoms with E-state index in [1.807, 2.05) is 30.3 Å². The summed E-state index contributed by atoms with van der Waals surface area (Å²) in [5, 5.41) is 15.4. The van der Waals surface area contributed by atoms with Gasteiger partial charge in [0.2, 0.25) is 0 Å². The van der Waals surface area contributed by atoms with E-state index in [1.54, 1.807) is 30.5 Å². The maximum Gasteiger partial charge on any atom is 0.319 e. The number of aliphatic hydroxyl groups excluding tert-OH is 1. The molecule has 23 heavy (non-hydrogen) atoms. The number of rotatable bonds is 6. The molecule has 0 spiro atoms. The van der Waals surface area contributed by atoms with Crippen LogP contribution in [0.5, 0.6) is 0 Å². The summed E-state index contributed by atoms with van der Waals surface area (Å²) in [4.78, 5) is 12.5. The number of urea groups is 1. The smallest absolute Gasteiger partial charge is 0.319 e. The van der Waals surface area contributed by atoms with Gasteiger partial charge in [0.05, 0.1) is 6.10 Å². The summed E-state index contributed by atoms with van der Waals surface area (Å²) in [5.41, 5.74) is 1.41. The van der Waals surface area contributed by atoms with Gasteiger partial charge < -0.3 is 15.7 Å². The van der Waals surface area contributed by atoms with Crippen LogP contribution in [0, 0.1) is 0 Å². The number of aliphatic hydroxyl groups is 1. The first kappa shape index (κ1) is 17.2. The molecular weight excluding hydrogens is 312 g/mol. The van der Waals surface area contributed by atoms with E-state index < -0.39 is 16.9 Å². The monoisotopic (exact) mass is 332 g/mol. The first-order chi connectivity index (χ1) is 11.1. The molecule has 6 heteroatoms. The average Bonchev–Trinajstić information content (AvgIpc) is 2.55. The highest BCUT2D eigenvalue weighted by Crippen LogP contribution is 2.15. The molecule has 0 aliphatic heterocycles. The van der Waals surface area contributed by atoms with Crippen molar-refractivity contribution in [1.82, 2.24) is 5.32 Å². The van der Waals surface area contributed by atoms with E-state index in [1.165, 1.54) is 0 Å². The fourth-order valence-electron chi connectivity index (χ4n) is 2.09. The van der Waals surface area contributed by atoms with Crippen LogP contribution in [-0.2, 0) is 10.8 Å². The number of carbonyl (C=O) groups excluding carboxylic acids is 1. The first-order valence-corrected chi connectivity index (χ1v) is 8.83. The third kappa shape index (κ3) is 5.50. The lowest BCUT2D eigenvalue weighted by Gasteiger charge is -2.12. The topological polar surface area (TPSA) is 78.4 Å². The maximum absolute atomic E-state index is 11.8. The Kier molecular flexibility index (Phi) is 6.31. The van der Waals surface area contributed by atoms with Crippen molar-refractivity contribution < 1.29 is 14.1 Å². The molecule has 3 N–H and O–H groups in total. The van der Waals surface area contributed by atoms with Crippen molar-refractivity contribution in [2.24, 2.45) is 0 Å². The van der Waals surface area contributed by atoms with E-state index in [9.17, 15) is 14.1 Å². The molecule has 2 aromatic carbocycles. The second-order valence-electron chi connectivity index (χ2n) is 5.08. The molecule has 5 nitrogen and oxygen atoms in total. The molecule has 2 unspecified atom stereocenters. The van der Waals surface area contributed by atoms with Gasteiger partial charge in [0.25, 0.3) is 0 Å². The Balaban J connectivity index is 1.79. The molecule has 0 aromatic heterocycles. The number of hydrogen-bond donors (Lipinski definition) is 3. The second kappa shape index (κ2) is 8.45. The van der Waals surface area contributed by atoms with Gasteiger partial charge in [0, 0.05) is 34.2 Å². The van der Waals surface area contributed by atoms with Gasteiger partial charge in [-0.3, -0.25) is 4.21 Å². The molecule has 0 fully saturated rings. The van der Waals surface area contributed by atoms with Crippen LogP contribution in [0.1, 0.15) is 18.1 Å². The minimum absolute atomic E-state index is 0.349. The number of carbonyl (C=O) groups is 1. The minimum Gasteiger partial charge on any atom is -0.388 e. The largest absolute Gasteiger partial charge is 0.388 e. The third-order valence-corrected chi connectivity index (χ3v) is 4.23. The van der Waals surface area contributed by atoms with Crippen molar-refractivity contribution in [1.29, 1.82) is 0 Å². The predicted molar refractivity (Wildman–Crippen MR) is 91.8 cm³/mol. The highest BCUT2D eigenvalue weighted by atomic mass is 32.2. The number of nitrogens with one attached hydrogen (secondary N) is 2. The molecule has 2 amide bonds. The van der Waals surface area contributed by atoms with E-state index in [0.29, 0.717) is 23.5 Å². The Hall–Kier alpha value is -2.18. The normalized spacial score (nSPS) is 13.1. The number of benzene rings is 2. The molecule has 0 aliphatic rings. The Bertz CT molecular complexity index is 677. The molecule has 2 rings (SSSR count). The fraction of sp³-hybridized carbons (Fsp3) is 0.235. The van der Waals surface area contributed by atoms with E-state index >= 15 is 0 Å². The summed E-state index contributed by atoms with van der Waals surface area (Å²) in [7, 11) is -1.09. The SMILES string of the molecule is CS(=O)c1cccc(NC(=O)NCCC(O)c2ccccc2)c1. The van der Waals surface area contributed by atoms with Crippen LogP contribution in [0.3, 0.4) is 0 Å². The molecular formula is C17H20N2O3S. The van der Waals surface area contributed by atoms with Crippen LogP contribution in [-0.4, -0.2) is 28.1 Å². The van der Waals surface area contributed by atoms with Crippen LogP contribution in [0.15, 0.2) is 59.5 Å². The van der Waals surface area contributed by atoms with Crippen molar-refractivity contribution in [3.8, 4) is 0 Å². The van der Waals surface area contributed by atoms with Crippen molar-refractivity contribution in [2.45, 2.75) is 17.4 Å². The Morgan fingerprint density at radius 2 is 1.91 bits per heavy atom. The Labute approximate surface area is 138 Å². The Morgan fingerprint density at radius 1 is 1.17 bits per heavy atom. The molecule has 0 bridgehead atoms. The molecule has 0 radical (unpaired) electrons. The van der Waals surface area contributed by atoms with Gasteiger partial charge in [-0.1, -0.05) is 36.4 Å². The van der Waals surface area contributed by atoms with E-state index in [0.717, 1.165) is 5.56 Å². The number of amides is 2. The standard InChI is InChI=1S/C17H20N2O3S/c1-23(22)15-9-5-8-14(12-15)19-17(21)18-11-10-16(20)13-6-3-2-4-7-13/h2-9,12,16,20H,10-11H2,1H3,(H2,18,19,21). The van der Waals surface area contributed by atoms with Crippen molar-refractivity contribution in [2.75, 3.05) is 18.1 Å². The molecule has 2 atom stereocenters. The quantitative estimate of drug-likeness (QED) is 0.761. The van der Waals surface area contributed by atoms with Gasteiger partial charge in [0.15, 0.2) is 0 Å². The maximum atomic E-state index is 11.8. The van der Waals surface area contributed by atoms with Gasteiger partial charge in [-0.15, -0.1) is 0 Å². The van der Waals surface area contributed by atoms with E-state index in [4.69, 9.17) is 0 Å². The van der Waals surface area contributed by atoms with Gasteiger partial charge in [-0.25, -0.2) is 4.79 Å². The van der Waals surface area contributed by atoms with E-state index in [2.05, 4.69) is 10.6 Å². The molecule has 122 valence electrons. The van der Waals surface area contributed by atoms with Crippen LogP contribution in [0.4, 0.5) is 10.5 Å². The number of hydrogen-bond acceptors (Lipinski definition) is 3. The molecule has 0 aliphatic carbocycles. The summed E-state index contributed by atoms with van der Waals surface area (Å²) in [5.74, 6) is 0. The number of anilines is 1. The second-order valence-corrected chi connectivity index (χ2v) is 6.46. The zero-order chi connectivity index (χ0) is 16.7. The molecule has 0 saturated heterocycles. The van der Waals surface area contributed by atoms with E-state index in [-0.39, 0.29) is 6.03 Å². The first-order valence-electron chi connectivity index (χ1n) is 7.27. The van der Waals surface area contributed by atoms with Gasteiger partial charge >= 0.3 is 6.03 Å². The summed E-state index contributed by atoms with van der Waals surface area (Å²) < 4.78 is 11.4.